The molecule has 8 aromatic rings. The zero-order valence-electron chi connectivity index (χ0n) is 31.2. The number of hydrogen-bond donors (Lipinski definition) is 0. The lowest BCUT2D eigenvalue weighted by Gasteiger charge is -2.33. The van der Waals surface area contributed by atoms with Gasteiger partial charge in [-0.25, -0.2) is 0 Å². The Morgan fingerprint density at radius 3 is 1.91 bits per heavy atom. The molecule has 0 radical (unpaired) electrons. The Labute approximate surface area is 323 Å². The van der Waals surface area contributed by atoms with Crippen molar-refractivity contribution in [2.75, 3.05) is 4.90 Å². The molecule has 7 aromatic carbocycles. The van der Waals surface area contributed by atoms with Gasteiger partial charge in [-0.05, 0) is 118 Å². The first kappa shape index (κ1) is 31.5. The minimum Gasteiger partial charge on any atom is -0.337 e. The number of hydrogen-bond acceptors (Lipinski definition) is 1. The van der Waals surface area contributed by atoms with E-state index in [1.54, 1.807) is 16.7 Å². The summed E-state index contributed by atoms with van der Waals surface area (Å²) in [5.41, 5.74) is 19.4. The average Bonchev–Trinajstić information content (AvgIpc) is 4.02. The second-order valence-electron chi connectivity index (χ2n) is 16.6. The molecular formula is C53H44N2. The fourth-order valence-electron chi connectivity index (χ4n) is 11.6. The van der Waals surface area contributed by atoms with Gasteiger partial charge in [-0.1, -0.05) is 141 Å². The fraction of sp³-hybridized carbons (Fsp3) is 0.208. The zero-order valence-corrected chi connectivity index (χ0v) is 31.2. The molecule has 2 fully saturated rings. The third-order valence-corrected chi connectivity index (χ3v) is 14.0. The van der Waals surface area contributed by atoms with E-state index in [0.29, 0.717) is 12.0 Å². The molecule has 0 amide bonds. The maximum Gasteiger partial charge on any atom is 0.0545 e. The first-order chi connectivity index (χ1) is 27.3. The van der Waals surface area contributed by atoms with Crippen molar-refractivity contribution in [2.24, 2.45) is 0 Å². The predicted molar refractivity (Wildman–Crippen MR) is 230 cm³/mol. The molecule has 4 aliphatic rings. The molecular weight excluding hydrogens is 665 g/mol. The summed E-state index contributed by atoms with van der Waals surface area (Å²) in [6, 6.07) is 60.3. The largest absolute Gasteiger partial charge is 0.337 e. The van der Waals surface area contributed by atoms with Crippen LogP contribution in [0.15, 0.2) is 158 Å². The van der Waals surface area contributed by atoms with Gasteiger partial charge in [0.05, 0.1) is 11.0 Å². The van der Waals surface area contributed by atoms with Crippen LogP contribution in [0.4, 0.5) is 11.4 Å². The van der Waals surface area contributed by atoms with Crippen molar-refractivity contribution in [1.29, 1.82) is 0 Å². The Morgan fingerprint density at radius 1 is 0.473 bits per heavy atom. The first-order valence-electron chi connectivity index (χ1n) is 20.6. The Bertz CT molecular complexity index is 2760. The van der Waals surface area contributed by atoms with Gasteiger partial charge in [0.1, 0.15) is 0 Å². The third-order valence-electron chi connectivity index (χ3n) is 14.0. The van der Waals surface area contributed by atoms with Gasteiger partial charge in [0, 0.05) is 45.2 Å². The lowest BCUT2D eigenvalue weighted by atomic mass is 9.77. The molecule has 2 nitrogen and oxygen atoms in total. The number of benzene rings is 7. The summed E-state index contributed by atoms with van der Waals surface area (Å²) >= 11 is 0. The number of nitrogens with zero attached hydrogens (tertiary/aromatic N) is 2. The van der Waals surface area contributed by atoms with E-state index in [0.717, 1.165) is 0 Å². The van der Waals surface area contributed by atoms with Crippen molar-refractivity contribution in [2.45, 2.75) is 68.7 Å². The minimum absolute atomic E-state index is 0.152. The highest BCUT2D eigenvalue weighted by Gasteiger charge is 2.45. The Morgan fingerprint density at radius 2 is 1.11 bits per heavy atom. The molecule has 12 rings (SSSR count). The van der Waals surface area contributed by atoms with E-state index in [-0.39, 0.29) is 5.41 Å². The maximum atomic E-state index is 2.71. The Kier molecular flexibility index (Phi) is 6.91. The highest BCUT2D eigenvalue weighted by Crippen LogP contribution is 2.58. The van der Waals surface area contributed by atoms with Crippen LogP contribution in [0.5, 0.6) is 0 Å². The van der Waals surface area contributed by atoms with Gasteiger partial charge in [-0.15, -0.1) is 0 Å². The van der Waals surface area contributed by atoms with Gasteiger partial charge in [-0.2, -0.15) is 0 Å². The molecule has 266 valence electrons. The standard InChI is InChI=1S/C53H44N2/c1-2-12-35(13-3-1)36-20-22-37(23-21-36)38-24-26-39(27-25-38)54-47-18-8-5-15-43(47)51-49(54)30-31-50-52(51)44-16-6-9-19-48(44)55(50)40-28-29-42-41-14-4-7-17-45(41)53(46(42)34-40)32-10-11-33-53/h1-4,6-7,9,12-14,16-17,19-31,34,43,47H,5,8,10-11,15,18,32-33H2. The van der Waals surface area contributed by atoms with Gasteiger partial charge in [0.15, 0.2) is 0 Å². The van der Waals surface area contributed by atoms with Crippen molar-refractivity contribution in [3.63, 3.8) is 0 Å². The van der Waals surface area contributed by atoms with E-state index >= 15 is 0 Å². The van der Waals surface area contributed by atoms with Crippen LogP contribution in [-0.2, 0) is 5.41 Å². The quantitative estimate of drug-likeness (QED) is 0.177. The molecule has 2 saturated carbocycles. The topological polar surface area (TPSA) is 8.17 Å². The summed E-state index contributed by atoms with van der Waals surface area (Å²) < 4.78 is 2.59. The van der Waals surface area contributed by atoms with Crippen molar-refractivity contribution in [3.8, 4) is 39.1 Å². The third kappa shape index (κ3) is 4.55. The van der Waals surface area contributed by atoms with Crippen LogP contribution in [0, 0.1) is 0 Å². The van der Waals surface area contributed by atoms with Crippen molar-refractivity contribution in [1.82, 2.24) is 4.57 Å². The number of rotatable bonds is 4. The van der Waals surface area contributed by atoms with E-state index in [1.165, 1.54) is 124 Å². The van der Waals surface area contributed by atoms with Crippen LogP contribution in [-0.4, -0.2) is 10.6 Å². The summed E-state index contributed by atoms with van der Waals surface area (Å²) in [6.07, 6.45) is 10.2. The zero-order chi connectivity index (χ0) is 36.1. The highest BCUT2D eigenvalue weighted by molar-refractivity contribution is 6.13. The summed E-state index contributed by atoms with van der Waals surface area (Å²) in [7, 11) is 0. The first-order valence-corrected chi connectivity index (χ1v) is 20.6. The van der Waals surface area contributed by atoms with Gasteiger partial charge < -0.3 is 9.47 Å². The second kappa shape index (κ2) is 12.1. The molecule has 55 heavy (non-hydrogen) atoms. The highest BCUT2D eigenvalue weighted by atomic mass is 15.2. The molecule has 2 atom stereocenters. The van der Waals surface area contributed by atoms with Crippen LogP contribution in [0.2, 0.25) is 0 Å². The molecule has 1 aliphatic heterocycles. The summed E-state index contributed by atoms with van der Waals surface area (Å²) in [4.78, 5) is 2.71. The minimum atomic E-state index is 0.152. The van der Waals surface area contributed by atoms with Gasteiger partial charge >= 0.3 is 0 Å². The van der Waals surface area contributed by atoms with Crippen LogP contribution >= 0.6 is 0 Å². The van der Waals surface area contributed by atoms with Crippen LogP contribution in [0.3, 0.4) is 0 Å². The van der Waals surface area contributed by atoms with E-state index in [2.05, 4.69) is 167 Å². The van der Waals surface area contributed by atoms with Crippen LogP contribution in [0.25, 0.3) is 60.9 Å². The van der Waals surface area contributed by atoms with E-state index < -0.39 is 0 Å². The van der Waals surface area contributed by atoms with E-state index in [1.807, 2.05) is 0 Å². The molecule has 2 heterocycles. The van der Waals surface area contributed by atoms with Gasteiger partial charge in [-0.3, -0.25) is 0 Å². The molecule has 0 bridgehead atoms. The SMILES string of the molecule is c1ccc(-c2ccc(-c3ccc(N4c5ccc6c(c5C5CCCCC54)c4ccccc4n6-c4ccc5c(c4)C4(CCCC4)c4ccccc4-5)cc3)cc2)cc1. The van der Waals surface area contributed by atoms with Crippen molar-refractivity contribution in [3.05, 3.63) is 174 Å². The number of para-hydroxylation sites is 1. The number of anilines is 2. The molecule has 0 saturated heterocycles. The van der Waals surface area contributed by atoms with E-state index in [4.69, 9.17) is 0 Å². The number of fused-ring (bicyclic) bond motifs is 12. The van der Waals surface area contributed by atoms with Crippen molar-refractivity contribution >= 4 is 33.2 Å². The monoisotopic (exact) mass is 708 g/mol. The molecule has 0 N–H and O–H groups in total. The van der Waals surface area contributed by atoms with Crippen LogP contribution in [0.1, 0.15) is 74.0 Å². The second-order valence-corrected chi connectivity index (χ2v) is 16.6. The van der Waals surface area contributed by atoms with Gasteiger partial charge in [0.2, 0.25) is 0 Å². The predicted octanol–water partition coefficient (Wildman–Crippen LogP) is 14.1. The molecule has 1 aromatic heterocycles. The molecule has 3 aliphatic carbocycles. The van der Waals surface area contributed by atoms with Crippen molar-refractivity contribution < 1.29 is 0 Å². The molecule has 2 unspecified atom stereocenters. The lowest BCUT2D eigenvalue weighted by molar-refractivity contribution is 0.403. The maximum absolute atomic E-state index is 2.71. The summed E-state index contributed by atoms with van der Waals surface area (Å²) in [5, 5.41) is 2.84. The Balaban J connectivity index is 0.976. The normalized spacial score (nSPS) is 19.2. The summed E-state index contributed by atoms with van der Waals surface area (Å²) in [5.74, 6) is 0.521. The fourth-order valence-corrected chi connectivity index (χ4v) is 11.6. The van der Waals surface area contributed by atoms with E-state index in [9.17, 15) is 0 Å². The van der Waals surface area contributed by atoms with Crippen LogP contribution < -0.4 is 4.90 Å². The Hall–Kier alpha value is -5.86. The lowest BCUT2D eigenvalue weighted by Crippen LogP contribution is -2.32. The smallest absolute Gasteiger partial charge is 0.0545 e. The average molecular weight is 709 g/mol. The van der Waals surface area contributed by atoms with Gasteiger partial charge in [0.25, 0.3) is 0 Å². The molecule has 2 heteroatoms. The summed E-state index contributed by atoms with van der Waals surface area (Å²) in [6.45, 7) is 0. The number of aromatic nitrogens is 1. The molecule has 1 spiro atoms.